The van der Waals surface area contributed by atoms with Crippen molar-refractivity contribution in [1.29, 1.82) is 5.26 Å². The van der Waals surface area contributed by atoms with Crippen LogP contribution in [0.2, 0.25) is 0 Å². The van der Waals surface area contributed by atoms with Gasteiger partial charge in [0.25, 0.3) is 5.91 Å². The molecule has 0 saturated carbocycles. The van der Waals surface area contributed by atoms with Crippen LogP contribution < -0.4 is 10.5 Å². The first-order chi connectivity index (χ1) is 18.8. The Kier molecular flexibility index (Phi) is 9.24. The molecular weight excluding hydrogens is 495 g/mol. The van der Waals surface area contributed by atoms with E-state index in [9.17, 15) is 19.2 Å². The average molecular weight is 535 g/mol. The van der Waals surface area contributed by atoms with Gasteiger partial charge in [0.15, 0.2) is 0 Å². The second kappa shape index (κ2) is 12.6. The lowest BCUT2D eigenvalue weighted by Gasteiger charge is -2.36. The van der Waals surface area contributed by atoms with Crippen LogP contribution in [0.15, 0.2) is 42.5 Å². The average Bonchev–Trinajstić information content (AvgIpc) is 3.47. The molecule has 39 heavy (non-hydrogen) atoms. The van der Waals surface area contributed by atoms with Crippen LogP contribution >= 0.6 is 0 Å². The van der Waals surface area contributed by atoms with E-state index < -0.39 is 17.6 Å². The molecule has 2 heterocycles. The van der Waals surface area contributed by atoms with E-state index in [0.29, 0.717) is 61.8 Å². The van der Waals surface area contributed by atoms with Gasteiger partial charge < -0.3 is 20.3 Å². The number of amides is 2. The third kappa shape index (κ3) is 6.77. The zero-order valence-corrected chi connectivity index (χ0v) is 23.0. The zero-order valence-electron chi connectivity index (χ0n) is 23.0. The Morgan fingerprint density at radius 3 is 2.38 bits per heavy atom. The molecular formula is C31H39FN4O3. The van der Waals surface area contributed by atoms with Crippen LogP contribution in [0.5, 0.6) is 5.75 Å². The van der Waals surface area contributed by atoms with E-state index in [1.54, 1.807) is 23.1 Å². The molecule has 8 heteroatoms. The number of nitrogens with zero attached hydrogens (tertiary/aromatic N) is 3. The number of rotatable bonds is 10. The molecule has 0 aromatic heterocycles. The monoisotopic (exact) mass is 534 g/mol. The van der Waals surface area contributed by atoms with Crippen molar-refractivity contribution in [2.75, 3.05) is 32.8 Å². The summed E-state index contributed by atoms with van der Waals surface area (Å²) in [5.74, 6) is 0.364. The van der Waals surface area contributed by atoms with Crippen molar-refractivity contribution in [2.24, 2.45) is 11.7 Å². The molecule has 2 saturated heterocycles. The van der Waals surface area contributed by atoms with Crippen molar-refractivity contribution in [3.05, 3.63) is 53.6 Å². The van der Waals surface area contributed by atoms with Crippen LogP contribution in [0.3, 0.4) is 0 Å². The fourth-order valence-corrected chi connectivity index (χ4v) is 5.62. The van der Waals surface area contributed by atoms with Crippen molar-refractivity contribution in [1.82, 2.24) is 9.80 Å². The Hall–Kier alpha value is -3.44. The van der Waals surface area contributed by atoms with Gasteiger partial charge in [-0.3, -0.25) is 9.59 Å². The number of hydrogen-bond acceptors (Lipinski definition) is 5. The smallest absolute Gasteiger partial charge is 0.254 e. The summed E-state index contributed by atoms with van der Waals surface area (Å²) < 4.78 is 20.8. The maximum absolute atomic E-state index is 14.8. The first-order valence-electron chi connectivity index (χ1n) is 14.1. The molecule has 0 spiro atoms. The van der Waals surface area contributed by atoms with E-state index in [0.717, 1.165) is 43.5 Å². The summed E-state index contributed by atoms with van der Waals surface area (Å²) in [6, 6.07) is 14.3. The van der Waals surface area contributed by atoms with Gasteiger partial charge in [-0.15, -0.1) is 0 Å². The predicted octanol–water partition coefficient (Wildman–Crippen LogP) is 4.93. The number of benzene rings is 2. The van der Waals surface area contributed by atoms with Crippen molar-refractivity contribution >= 4 is 11.8 Å². The standard InChI is InChI=1S/C31H39FN4O3/c1-3-31(32,4-2)21-35-16-13-22(14-17-35)20-39-26-11-12-27(25(18-26)19-33)23-7-9-24(10-8-23)30(38)36-15-5-6-28(36)29(34)37/h7-12,18,22,28H,3-6,13-17,20-21H2,1-2H3,(H2,34,37). The molecule has 1 unspecified atom stereocenters. The number of nitriles is 1. The molecule has 0 bridgehead atoms. The number of carbonyl (C=O) groups is 2. The minimum Gasteiger partial charge on any atom is -0.493 e. The number of ether oxygens (including phenoxy) is 1. The molecule has 0 aliphatic carbocycles. The van der Waals surface area contributed by atoms with Crippen LogP contribution in [0.25, 0.3) is 11.1 Å². The Morgan fingerprint density at radius 1 is 1.08 bits per heavy atom. The van der Waals surface area contributed by atoms with E-state index in [1.807, 2.05) is 38.1 Å². The maximum atomic E-state index is 14.8. The third-order valence-electron chi connectivity index (χ3n) is 8.36. The minimum atomic E-state index is -1.10. The van der Waals surface area contributed by atoms with Gasteiger partial charge >= 0.3 is 0 Å². The Morgan fingerprint density at radius 2 is 1.77 bits per heavy atom. The number of hydrogen-bond donors (Lipinski definition) is 1. The van der Waals surface area contributed by atoms with Gasteiger partial charge in [-0.1, -0.05) is 26.0 Å². The summed E-state index contributed by atoms with van der Waals surface area (Å²) in [7, 11) is 0. The first kappa shape index (κ1) is 28.6. The lowest BCUT2D eigenvalue weighted by atomic mass is 9.94. The molecule has 2 aliphatic rings. The number of piperidine rings is 1. The van der Waals surface area contributed by atoms with Gasteiger partial charge in [0.05, 0.1) is 18.2 Å². The van der Waals surface area contributed by atoms with Crippen LogP contribution in [-0.4, -0.2) is 66.1 Å². The minimum absolute atomic E-state index is 0.210. The molecule has 0 radical (unpaired) electrons. The Bertz CT molecular complexity index is 1200. The van der Waals surface area contributed by atoms with Gasteiger partial charge in [0.1, 0.15) is 17.5 Å². The lowest BCUT2D eigenvalue weighted by Crippen LogP contribution is -2.44. The topological polar surface area (TPSA) is 99.7 Å². The van der Waals surface area contributed by atoms with Gasteiger partial charge in [0.2, 0.25) is 5.91 Å². The third-order valence-corrected chi connectivity index (χ3v) is 8.36. The van der Waals surface area contributed by atoms with E-state index in [1.165, 1.54) is 0 Å². The predicted molar refractivity (Wildman–Crippen MR) is 149 cm³/mol. The van der Waals surface area contributed by atoms with E-state index in [2.05, 4.69) is 11.0 Å². The van der Waals surface area contributed by atoms with Crippen LogP contribution in [0, 0.1) is 17.2 Å². The molecule has 2 fully saturated rings. The van der Waals surface area contributed by atoms with Crippen LogP contribution in [0.4, 0.5) is 4.39 Å². The molecule has 2 amide bonds. The Labute approximate surface area is 230 Å². The lowest BCUT2D eigenvalue weighted by molar-refractivity contribution is -0.121. The van der Waals surface area contributed by atoms with Crippen LogP contribution in [0.1, 0.15) is 68.3 Å². The molecule has 2 aromatic rings. The van der Waals surface area contributed by atoms with Crippen molar-refractivity contribution in [2.45, 2.75) is 64.1 Å². The Balaban J connectivity index is 1.34. The number of halogens is 1. The van der Waals surface area contributed by atoms with Crippen molar-refractivity contribution in [3.63, 3.8) is 0 Å². The molecule has 2 aromatic carbocycles. The van der Waals surface area contributed by atoms with Crippen molar-refractivity contribution in [3.8, 4) is 22.9 Å². The molecule has 208 valence electrons. The summed E-state index contributed by atoms with van der Waals surface area (Å²) in [5.41, 5.74) is 6.91. The summed E-state index contributed by atoms with van der Waals surface area (Å²) >= 11 is 0. The second-order valence-corrected chi connectivity index (χ2v) is 10.8. The summed E-state index contributed by atoms with van der Waals surface area (Å²) in [5, 5.41) is 9.81. The highest BCUT2D eigenvalue weighted by Crippen LogP contribution is 2.30. The molecule has 7 nitrogen and oxygen atoms in total. The number of nitrogens with two attached hydrogens (primary N) is 1. The summed E-state index contributed by atoms with van der Waals surface area (Å²) in [6.07, 6.45) is 4.37. The molecule has 1 atom stereocenters. The highest BCUT2D eigenvalue weighted by atomic mass is 19.1. The van der Waals surface area contributed by atoms with Crippen molar-refractivity contribution < 1.29 is 18.7 Å². The fraction of sp³-hybridized carbons (Fsp3) is 0.516. The molecule has 2 aliphatic heterocycles. The number of likely N-dealkylation sites (tertiary alicyclic amines) is 2. The quantitative estimate of drug-likeness (QED) is 0.466. The van der Waals surface area contributed by atoms with Gasteiger partial charge in [-0.2, -0.15) is 5.26 Å². The summed E-state index contributed by atoms with van der Waals surface area (Å²) in [6.45, 7) is 7.17. The highest BCUT2D eigenvalue weighted by Gasteiger charge is 2.33. The number of alkyl halides is 1. The number of carbonyl (C=O) groups excluding carboxylic acids is 2. The highest BCUT2D eigenvalue weighted by molar-refractivity contribution is 5.98. The SMILES string of the molecule is CCC(F)(CC)CN1CCC(COc2ccc(-c3ccc(C(=O)N4CCCC4C(N)=O)cc3)c(C#N)c2)CC1. The van der Waals surface area contributed by atoms with Gasteiger partial charge in [-0.05, 0) is 99.0 Å². The first-order valence-corrected chi connectivity index (χ1v) is 14.1. The molecule has 2 N–H and O–H groups in total. The zero-order chi connectivity index (χ0) is 28.0. The molecule has 4 rings (SSSR count). The van der Waals surface area contributed by atoms with E-state index in [-0.39, 0.29) is 5.91 Å². The normalized spacial score (nSPS) is 18.6. The summed E-state index contributed by atoms with van der Waals surface area (Å²) in [4.78, 5) is 28.4. The maximum Gasteiger partial charge on any atom is 0.254 e. The number of primary amides is 1. The largest absolute Gasteiger partial charge is 0.493 e. The van der Waals surface area contributed by atoms with Gasteiger partial charge in [-0.25, -0.2) is 4.39 Å². The second-order valence-electron chi connectivity index (χ2n) is 10.8. The van der Waals surface area contributed by atoms with Gasteiger partial charge in [0, 0.05) is 18.7 Å². The van der Waals surface area contributed by atoms with E-state index >= 15 is 0 Å². The van der Waals surface area contributed by atoms with E-state index in [4.69, 9.17) is 10.5 Å². The van der Waals surface area contributed by atoms with Crippen LogP contribution in [-0.2, 0) is 4.79 Å². The fourth-order valence-electron chi connectivity index (χ4n) is 5.62.